The summed E-state index contributed by atoms with van der Waals surface area (Å²) in [6.07, 6.45) is 0.748. The Kier molecular flexibility index (Phi) is 11.7. The highest BCUT2D eigenvalue weighted by Gasteiger charge is 2.51. The summed E-state index contributed by atoms with van der Waals surface area (Å²) in [5.74, 6) is -0.832. The molecule has 1 aromatic heterocycles. The first kappa shape index (κ1) is 41.5. The monoisotopic (exact) mass is 849 g/mol. The molecule has 4 aliphatic rings. The summed E-state index contributed by atoms with van der Waals surface area (Å²) >= 11 is 12.0. The second kappa shape index (κ2) is 16.6. The van der Waals surface area contributed by atoms with Crippen molar-refractivity contribution < 1.29 is 37.1 Å². The number of carbonyl (C=O) groups excluding carboxylic acids is 4. The van der Waals surface area contributed by atoms with Crippen molar-refractivity contribution >= 4 is 75.3 Å². The zero-order valence-corrected chi connectivity index (χ0v) is 33.5. The molecule has 4 heterocycles. The number of aromatic nitrogens is 1. The highest BCUT2D eigenvalue weighted by atomic mass is 35.5. The molecular weight excluding hydrogens is 811 g/mol. The maximum Gasteiger partial charge on any atom is 0.419 e. The van der Waals surface area contributed by atoms with E-state index in [9.17, 15) is 37.6 Å². The van der Waals surface area contributed by atoms with Gasteiger partial charge in [-0.3, -0.25) is 39.2 Å². The largest absolute Gasteiger partial charge is 0.492 e. The Morgan fingerprint density at radius 3 is 2.44 bits per heavy atom. The van der Waals surface area contributed by atoms with E-state index in [2.05, 4.69) is 30.7 Å². The first-order valence-corrected chi connectivity index (χ1v) is 19.6. The lowest BCUT2D eigenvalue weighted by atomic mass is 10.0. The summed E-state index contributed by atoms with van der Waals surface area (Å²) < 4.78 is 47.5. The lowest BCUT2D eigenvalue weighted by Crippen LogP contribution is -2.49. The summed E-state index contributed by atoms with van der Waals surface area (Å²) in [6.45, 7) is 7.22. The fourth-order valence-corrected chi connectivity index (χ4v) is 8.06. The van der Waals surface area contributed by atoms with Gasteiger partial charge in [0.2, 0.25) is 17.7 Å². The Morgan fingerprint density at radius 2 is 1.76 bits per heavy atom. The van der Waals surface area contributed by atoms with Gasteiger partial charge in [-0.1, -0.05) is 23.8 Å². The van der Waals surface area contributed by atoms with E-state index in [0.717, 1.165) is 29.7 Å². The number of nitriles is 1. The first-order valence-electron chi connectivity index (χ1n) is 18.8. The van der Waals surface area contributed by atoms with Crippen LogP contribution in [0.4, 0.5) is 35.9 Å². The van der Waals surface area contributed by atoms with Gasteiger partial charge in [-0.05, 0) is 75.0 Å². The number of carbonyl (C=O) groups is 4. The minimum Gasteiger partial charge on any atom is -0.492 e. The second-order valence-electron chi connectivity index (χ2n) is 15.0. The fraction of sp³-hybridized carbons (Fsp3) is 0.375. The van der Waals surface area contributed by atoms with Gasteiger partial charge in [-0.2, -0.15) is 18.4 Å². The zero-order chi connectivity index (χ0) is 42.2. The number of piperazine rings is 1. The van der Waals surface area contributed by atoms with E-state index in [-0.39, 0.29) is 41.5 Å². The Labute approximate surface area is 347 Å². The van der Waals surface area contributed by atoms with Gasteiger partial charge in [0.15, 0.2) is 10.8 Å². The second-order valence-corrected chi connectivity index (χ2v) is 15.8. The van der Waals surface area contributed by atoms with E-state index in [0.29, 0.717) is 66.6 Å². The minimum absolute atomic E-state index is 0.00269. The highest BCUT2D eigenvalue weighted by molar-refractivity contribution is 7.81. The number of allylic oxidation sites excluding steroid dienone is 2. The van der Waals surface area contributed by atoms with Crippen LogP contribution in [0.5, 0.6) is 5.75 Å². The van der Waals surface area contributed by atoms with E-state index < -0.39 is 40.8 Å². The number of piperidine rings is 1. The van der Waals surface area contributed by atoms with Gasteiger partial charge in [0, 0.05) is 72.7 Å². The number of hydrogen-bond donors (Lipinski definition) is 3. The molecule has 308 valence electrons. The van der Waals surface area contributed by atoms with E-state index in [1.165, 1.54) is 6.07 Å². The maximum absolute atomic E-state index is 13.8. The molecule has 0 spiro atoms. The van der Waals surface area contributed by atoms with Gasteiger partial charge in [-0.15, -0.1) is 0 Å². The molecule has 1 unspecified atom stereocenters. The molecule has 3 N–H and O–H groups in total. The standard InChI is InChI=1S/C40H39ClF3N9O5S/c1-39(2)37(57)52(28-19-30(40(42,43)44)32(20-45)46-21-28)38(59)53(39)27-5-7-33(29(18-27)23-3-4-23)58-14-13-50-9-11-51(12-10-50)22-35(55)48-26-16-24(41)15-25(17-26)47-31-6-8-34(54)49-36(31)56/h3-5,7,15-19,21,23,31,47H,6,8-14,22H2,1-2H3,(H,48,55)(H,49,54,56). The SMILES string of the molecule is CC1(C)C(=O)N(c2cnc(C#N)c(C(F)(F)F)c2)C(=S)N1c1ccc(OCCN2CCN(CC(=O)Nc3cc(Cl)cc(NC4CCC(=O)NC4=O)c3)CC2)c(C2C=C2)c1. The molecule has 7 rings (SSSR count). The number of alkyl halides is 3. The summed E-state index contributed by atoms with van der Waals surface area (Å²) in [4.78, 5) is 60.9. The van der Waals surface area contributed by atoms with Crippen LogP contribution in [0.3, 0.4) is 0 Å². The lowest BCUT2D eigenvalue weighted by Gasteiger charge is -2.34. The molecule has 0 radical (unpaired) electrons. The number of nitrogens with one attached hydrogen (secondary N) is 3. The van der Waals surface area contributed by atoms with Crippen LogP contribution in [0.2, 0.25) is 5.02 Å². The number of hydrogen-bond acceptors (Lipinski definition) is 11. The number of ether oxygens (including phenoxy) is 1. The van der Waals surface area contributed by atoms with Crippen LogP contribution < -0.4 is 30.5 Å². The molecule has 3 fully saturated rings. The predicted molar refractivity (Wildman–Crippen MR) is 217 cm³/mol. The van der Waals surface area contributed by atoms with Crippen molar-refractivity contribution in [3.05, 3.63) is 82.7 Å². The molecule has 1 atom stereocenters. The van der Waals surface area contributed by atoms with Gasteiger partial charge >= 0.3 is 6.18 Å². The average molecular weight is 850 g/mol. The van der Waals surface area contributed by atoms with Crippen molar-refractivity contribution in [3.63, 3.8) is 0 Å². The Bertz CT molecular complexity index is 2290. The Hall–Kier alpha value is -5.61. The van der Waals surface area contributed by atoms with E-state index in [1.807, 2.05) is 18.2 Å². The number of anilines is 4. The third-order valence-corrected chi connectivity index (χ3v) is 11.0. The van der Waals surface area contributed by atoms with E-state index in [1.54, 1.807) is 49.1 Å². The number of imide groups is 1. The lowest BCUT2D eigenvalue weighted by molar-refractivity contribution is -0.138. The van der Waals surface area contributed by atoms with Gasteiger partial charge in [0.1, 0.15) is 30.0 Å². The number of halogens is 4. The van der Waals surface area contributed by atoms with Gasteiger partial charge < -0.3 is 20.3 Å². The van der Waals surface area contributed by atoms with Crippen LogP contribution in [0.25, 0.3) is 0 Å². The van der Waals surface area contributed by atoms with Crippen LogP contribution in [-0.4, -0.2) is 101 Å². The molecule has 3 saturated heterocycles. The number of nitrogens with zero attached hydrogens (tertiary/aromatic N) is 6. The van der Waals surface area contributed by atoms with Crippen LogP contribution in [0.15, 0.2) is 60.8 Å². The number of thiocarbonyl (C=S) groups is 1. The average Bonchev–Trinajstić information content (AvgIpc) is 4.00. The molecule has 59 heavy (non-hydrogen) atoms. The first-order chi connectivity index (χ1) is 28.0. The van der Waals surface area contributed by atoms with Crippen LogP contribution in [0, 0.1) is 11.3 Å². The summed E-state index contributed by atoms with van der Waals surface area (Å²) in [5.41, 5.74) is -1.08. The predicted octanol–water partition coefficient (Wildman–Crippen LogP) is 5.05. The van der Waals surface area contributed by atoms with Crippen LogP contribution >= 0.6 is 23.8 Å². The number of pyridine rings is 1. The number of amides is 4. The fourth-order valence-electron chi connectivity index (χ4n) is 7.30. The van der Waals surface area contributed by atoms with Crippen molar-refractivity contribution in [2.24, 2.45) is 0 Å². The minimum atomic E-state index is -4.87. The van der Waals surface area contributed by atoms with Crippen molar-refractivity contribution in [1.29, 1.82) is 5.26 Å². The Morgan fingerprint density at radius 1 is 1.05 bits per heavy atom. The summed E-state index contributed by atoms with van der Waals surface area (Å²) in [6, 6.07) is 12.0. The zero-order valence-electron chi connectivity index (χ0n) is 31.9. The molecule has 0 saturated carbocycles. The molecule has 1 aliphatic carbocycles. The summed E-state index contributed by atoms with van der Waals surface area (Å²) in [7, 11) is 0. The smallest absolute Gasteiger partial charge is 0.419 e. The normalized spacial score (nSPS) is 19.8. The Balaban J connectivity index is 0.919. The maximum atomic E-state index is 13.8. The van der Waals surface area contributed by atoms with Crippen LogP contribution in [0.1, 0.15) is 49.4 Å². The highest BCUT2D eigenvalue weighted by Crippen LogP contribution is 2.43. The topological polar surface area (TPSA) is 163 Å². The quantitative estimate of drug-likeness (QED) is 0.127. The van der Waals surface area contributed by atoms with Crippen molar-refractivity contribution in [2.45, 2.75) is 50.4 Å². The van der Waals surface area contributed by atoms with Gasteiger partial charge in [0.05, 0.1) is 24.0 Å². The van der Waals surface area contributed by atoms with Crippen molar-refractivity contribution in [2.75, 3.05) is 66.3 Å². The third kappa shape index (κ3) is 9.18. The van der Waals surface area contributed by atoms with Crippen LogP contribution in [-0.2, 0) is 25.4 Å². The van der Waals surface area contributed by atoms with Gasteiger partial charge in [0.25, 0.3) is 5.91 Å². The molecular formula is C40H39ClF3N9O5S. The van der Waals surface area contributed by atoms with Crippen molar-refractivity contribution in [1.82, 2.24) is 20.1 Å². The number of benzene rings is 2. The molecule has 4 amide bonds. The molecule has 14 nitrogen and oxygen atoms in total. The molecule has 3 aliphatic heterocycles. The molecule has 0 bridgehead atoms. The third-order valence-electron chi connectivity index (χ3n) is 10.5. The van der Waals surface area contributed by atoms with Gasteiger partial charge in [-0.25, -0.2) is 4.98 Å². The molecule has 3 aromatic rings. The molecule has 2 aromatic carbocycles. The molecule has 19 heteroatoms. The van der Waals surface area contributed by atoms with E-state index >= 15 is 0 Å². The van der Waals surface area contributed by atoms with Crippen molar-refractivity contribution in [3.8, 4) is 11.8 Å². The summed E-state index contributed by atoms with van der Waals surface area (Å²) in [5, 5.41) is 17.8. The van der Waals surface area contributed by atoms with E-state index in [4.69, 9.17) is 28.6 Å². The number of rotatable bonds is 12.